The average Bonchev–Trinajstić information content (AvgIpc) is 3.45. The quantitative estimate of drug-likeness (QED) is 0.725. The number of hydrogen-bond donors (Lipinski definition) is 1. The summed E-state index contributed by atoms with van der Waals surface area (Å²) >= 11 is 0. The zero-order valence-electron chi connectivity index (χ0n) is 19.3. The fourth-order valence-corrected chi connectivity index (χ4v) is 5.08. The fourth-order valence-electron chi connectivity index (χ4n) is 5.08. The second-order valence-electron chi connectivity index (χ2n) is 9.46. The van der Waals surface area contributed by atoms with Gasteiger partial charge in [0, 0.05) is 43.1 Å². The van der Waals surface area contributed by atoms with Gasteiger partial charge in [0.1, 0.15) is 11.8 Å². The van der Waals surface area contributed by atoms with Crippen molar-refractivity contribution in [1.29, 1.82) is 0 Å². The molecule has 0 unspecified atom stereocenters. The average molecular weight is 478 g/mol. The molecule has 3 aliphatic heterocycles. The minimum Gasteiger partial charge on any atom is -0.454 e. The Kier molecular flexibility index (Phi) is 5.36. The Hall–Kier alpha value is -3.59. The molecular formula is C26H27N3O6. The van der Waals surface area contributed by atoms with Gasteiger partial charge in [0.25, 0.3) is 11.8 Å². The van der Waals surface area contributed by atoms with E-state index in [9.17, 15) is 14.4 Å². The van der Waals surface area contributed by atoms with Gasteiger partial charge < -0.3 is 24.4 Å². The Morgan fingerprint density at radius 3 is 2.37 bits per heavy atom. The van der Waals surface area contributed by atoms with Crippen LogP contribution < -0.4 is 14.8 Å². The van der Waals surface area contributed by atoms with Gasteiger partial charge in [0.15, 0.2) is 11.5 Å². The first kappa shape index (κ1) is 21.9. The van der Waals surface area contributed by atoms with Crippen LogP contribution in [0.15, 0.2) is 48.5 Å². The molecule has 182 valence electrons. The van der Waals surface area contributed by atoms with E-state index in [2.05, 4.69) is 5.32 Å². The van der Waals surface area contributed by atoms with E-state index < -0.39 is 11.8 Å². The molecule has 2 aromatic rings. The summed E-state index contributed by atoms with van der Waals surface area (Å²) in [6, 6.07) is 13.6. The zero-order chi connectivity index (χ0) is 24.0. The van der Waals surface area contributed by atoms with Crippen molar-refractivity contribution in [3.05, 3.63) is 59.7 Å². The normalized spacial score (nSPS) is 22.3. The Balaban J connectivity index is 1.21. The highest BCUT2D eigenvalue weighted by Crippen LogP contribution is 2.39. The lowest BCUT2D eigenvalue weighted by atomic mass is 9.96. The van der Waals surface area contributed by atoms with E-state index in [1.165, 1.54) is 0 Å². The number of piperidine rings is 1. The number of nitrogens with zero attached hydrogens (tertiary/aromatic N) is 2. The van der Waals surface area contributed by atoms with E-state index in [4.69, 9.17) is 14.2 Å². The van der Waals surface area contributed by atoms with Crippen LogP contribution in [0.4, 0.5) is 0 Å². The van der Waals surface area contributed by atoms with Gasteiger partial charge in [0.2, 0.25) is 12.7 Å². The van der Waals surface area contributed by atoms with E-state index in [1.807, 2.05) is 18.2 Å². The van der Waals surface area contributed by atoms with Crippen molar-refractivity contribution in [3.63, 3.8) is 0 Å². The van der Waals surface area contributed by atoms with Crippen molar-refractivity contribution in [2.75, 3.05) is 26.5 Å². The van der Waals surface area contributed by atoms with Crippen LogP contribution in [0.1, 0.15) is 46.4 Å². The van der Waals surface area contributed by atoms with Crippen LogP contribution in [0.5, 0.6) is 11.5 Å². The zero-order valence-corrected chi connectivity index (χ0v) is 19.3. The molecule has 4 aliphatic rings. The molecule has 1 spiro atoms. The van der Waals surface area contributed by atoms with Gasteiger partial charge in [-0.3, -0.25) is 19.3 Å². The standard InChI is InChI=1S/C26H27N3O6/c30-23(27-19-7-8-19)20-15-35-26(29(20)25(32)17-4-2-1-3-5-17)10-12-28(13-11-26)24(31)18-6-9-21-22(14-18)34-16-33-21/h1-6,9,14,19-20H,7-8,10-13,15-16H2,(H,27,30)/t20-/m1/s1. The predicted molar refractivity (Wildman–Crippen MR) is 124 cm³/mol. The smallest absolute Gasteiger partial charge is 0.256 e. The van der Waals surface area contributed by atoms with Crippen LogP contribution in [-0.2, 0) is 9.53 Å². The molecule has 35 heavy (non-hydrogen) atoms. The number of rotatable bonds is 4. The highest BCUT2D eigenvalue weighted by atomic mass is 16.7. The SMILES string of the molecule is O=C(NC1CC1)[C@H]1COC2(CCN(C(=O)c3ccc4c(c3)OCO4)CC2)N1C(=O)c1ccccc1. The molecule has 0 aromatic heterocycles. The lowest BCUT2D eigenvalue weighted by Crippen LogP contribution is -2.60. The molecule has 9 heteroatoms. The summed E-state index contributed by atoms with van der Waals surface area (Å²) in [5.74, 6) is 0.680. The molecule has 1 N–H and O–H groups in total. The molecule has 3 amide bonds. The summed E-state index contributed by atoms with van der Waals surface area (Å²) in [5.41, 5.74) is 0.112. The van der Waals surface area contributed by atoms with E-state index in [1.54, 1.807) is 40.1 Å². The van der Waals surface area contributed by atoms with Crippen LogP contribution in [0.2, 0.25) is 0 Å². The van der Waals surface area contributed by atoms with Crippen LogP contribution in [0.3, 0.4) is 0 Å². The summed E-state index contributed by atoms with van der Waals surface area (Å²) in [6.07, 6.45) is 2.78. The van der Waals surface area contributed by atoms with Crippen LogP contribution in [0, 0.1) is 0 Å². The van der Waals surface area contributed by atoms with Gasteiger partial charge in [-0.1, -0.05) is 18.2 Å². The minimum atomic E-state index is -0.926. The number of fused-ring (bicyclic) bond motifs is 1. The molecule has 2 saturated heterocycles. The van der Waals surface area contributed by atoms with Gasteiger partial charge in [0.05, 0.1) is 6.61 Å². The minimum absolute atomic E-state index is 0.111. The Bertz CT molecular complexity index is 1160. The number of nitrogens with one attached hydrogen (secondary N) is 1. The molecule has 0 radical (unpaired) electrons. The van der Waals surface area contributed by atoms with E-state index in [-0.39, 0.29) is 37.2 Å². The van der Waals surface area contributed by atoms with Gasteiger partial charge in [-0.2, -0.15) is 0 Å². The second kappa shape index (κ2) is 8.57. The molecule has 1 saturated carbocycles. The molecule has 9 nitrogen and oxygen atoms in total. The first-order valence-corrected chi connectivity index (χ1v) is 12.1. The summed E-state index contributed by atoms with van der Waals surface area (Å²) in [4.78, 5) is 43.3. The lowest BCUT2D eigenvalue weighted by Gasteiger charge is -2.44. The van der Waals surface area contributed by atoms with Crippen molar-refractivity contribution in [2.24, 2.45) is 0 Å². The molecule has 1 aliphatic carbocycles. The van der Waals surface area contributed by atoms with Crippen LogP contribution >= 0.6 is 0 Å². The van der Waals surface area contributed by atoms with Crippen molar-refractivity contribution in [3.8, 4) is 11.5 Å². The Morgan fingerprint density at radius 2 is 1.63 bits per heavy atom. The number of hydrogen-bond acceptors (Lipinski definition) is 6. The lowest BCUT2D eigenvalue weighted by molar-refractivity contribution is -0.128. The third-order valence-corrected chi connectivity index (χ3v) is 7.18. The summed E-state index contributed by atoms with van der Waals surface area (Å²) < 4.78 is 17.0. The van der Waals surface area contributed by atoms with E-state index in [0.717, 1.165) is 12.8 Å². The predicted octanol–water partition coefficient (Wildman–Crippen LogP) is 2.17. The largest absolute Gasteiger partial charge is 0.454 e. The maximum atomic E-state index is 13.6. The van der Waals surface area contributed by atoms with Crippen LogP contribution in [0.25, 0.3) is 0 Å². The molecule has 0 bridgehead atoms. The molecule has 2 aromatic carbocycles. The van der Waals surface area contributed by atoms with Crippen molar-refractivity contribution in [1.82, 2.24) is 15.1 Å². The summed E-state index contributed by atoms with van der Waals surface area (Å²) in [5, 5.41) is 3.02. The van der Waals surface area contributed by atoms with Crippen molar-refractivity contribution >= 4 is 17.7 Å². The third kappa shape index (κ3) is 3.99. The molecule has 3 fully saturated rings. The Morgan fingerprint density at radius 1 is 0.886 bits per heavy atom. The number of benzene rings is 2. The van der Waals surface area contributed by atoms with Crippen molar-refractivity contribution < 1.29 is 28.6 Å². The van der Waals surface area contributed by atoms with Gasteiger partial charge in [-0.15, -0.1) is 0 Å². The van der Waals surface area contributed by atoms with Gasteiger partial charge in [-0.25, -0.2) is 0 Å². The molecular weight excluding hydrogens is 450 g/mol. The maximum absolute atomic E-state index is 13.6. The number of amides is 3. The van der Waals surface area contributed by atoms with Crippen LogP contribution in [-0.4, -0.2) is 71.8 Å². The van der Waals surface area contributed by atoms with Crippen molar-refractivity contribution in [2.45, 2.75) is 43.5 Å². The van der Waals surface area contributed by atoms with E-state index >= 15 is 0 Å². The second-order valence-corrected chi connectivity index (χ2v) is 9.46. The van der Waals surface area contributed by atoms with Gasteiger partial charge >= 0.3 is 0 Å². The number of ether oxygens (including phenoxy) is 3. The molecule has 3 heterocycles. The highest BCUT2D eigenvalue weighted by molar-refractivity contribution is 5.99. The first-order valence-electron chi connectivity index (χ1n) is 12.1. The molecule has 6 rings (SSSR count). The summed E-state index contributed by atoms with van der Waals surface area (Å²) in [6.45, 7) is 1.11. The molecule has 1 atom stereocenters. The summed E-state index contributed by atoms with van der Waals surface area (Å²) in [7, 11) is 0. The number of carbonyl (C=O) groups excluding carboxylic acids is 3. The fraction of sp³-hybridized carbons (Fsp3) is 0.423. The third-order valence-electron chi connectivity index (χ3n) is 7.18. The first-order chi connectivity index (χ1) is 17.0. The number of likely N-dealkylation sites (tertiary alicyclic amines) is 1. The Labute approximate surface area is 202 Å². The topological polar surface area (TPSA) is 97.4 Å². The number of carbonyl (C=O) groups is 3. The monoisotopic (exact) mass is 477 g/mol. The van der Waals surface area contributed by atoms with E-state index in [0.29, 0.717) is 48.6 Å². The highest BCUT2D eigenvalue weighted by Gasteiger charge is 2.54. The van der Waals surface area contributed by atoms with Gasteiger partial charge in [-0.05, 0) is 43.2 Å². The maximum Gasteiger partial charge on any atom is 0.256 e.